The first-order valence-electron chi connectivity index (χ1n) is 7.92. The van der Waals surface area contributed by atoms with Crippen LogP contribution < -0.4 is 4.74 Å². The van der Waals surface area contributed by atoms with Crippen molar-refractivity contribution in [3.05, 3.63) is 28.8 Å². The molecule has 116 valence electrons. The predicted molar refractivity (Wildman–Crippen MR) is 85.0 cm³/mol. The summed E-state index contributed by atoms with van der Waals surface area (Å²) in [6.07, 6.45) is 3.06. The fraction of sp³-hybridized carbons (Fsp3) is 0.647. The lowest BCUT2D eigenvalue weighted by Crippen LogP contribution is -2.58. The lowest BCUT2D eigenvalue weighted by atomic mass is 9.78. The van der Waals surface area contributed by atoms with E-state index >= 15 is 0 Å². The summed E-state index contributed by atoms with van der Waals surface area (Å²) in [6.45, 7) is 6.22. The van der Waals surface area contributed by atoms with Crippen LogP contribution in [0.15, 0.2) is 18.2 Å². The van der Waals surface area contributed by atoms with Gasteiger partial charge in [-0.3, -0.25) is 4.90 Å². The third-order valence-electron chi connectivity index (χ3n) is 4.72. The van der Waals surface area contributed by atoms with Gasteiger partial charge in [-0.25, -0.2) is 0 Å². The van der Waals surface area contributed by atoms with Crippen LogP contribution in [0, 0.1) is 5.92 Å². The second-order valence-electron chi connectivity index (χ2n) is 6.57. The molecular formula is C17H24ClNO2. The molecule has 4 rings (SSSR count). The molecule has 3 aliphatic heterocycles. The minimum Gasteiger partial charge on any atom is -0.489 e. The first-order valence-corrected chi connectivity index (χ1v) is 8.29. The molecule has 0 radical (unpaired) electrons. The Morgan fingerprint density at radius 1 is 1.33 bits per heavy atom. The van der Waals surface area contributed by atoms with Gasteiger partial charge < -0.3 is 9.84 Å². The molecule has 3 fully saturated rings. The molecule has 3 heterocycles. The SMILES string of the molecule is CC(C)Oc1ccc(CC2C(O)C3CCN2CC3)cc1Cl. The fourth-order valence-corrected chi connectivity index (χ4v) is 3.88. The molecule has 0 amide bonds. The Balaban J connectivity index is 1.72. The van der Waals surface area contributed by atoms with E-state index < -0.39 is 0 Å². The van der Waals surface area contributed by atoms with Gasteiger partial charge in [0.05, 0.1) is 17.2 Å². The van der Waals surface area contributed by atoms with Crippen LogP contribution in [-0.2, 0) is 6.42 Å². The molecule has 2 atom stereocenters. The molecule has 3 saturated heterocycles. The van der Waals surface area contributed by atoms with E-state index in [9.17, 15) is 5.11 Å². The maximum absolute atomic E-state index is 10.5. The number of ether oxygens (including phenoxy) is 1. The number of fused-ring (bicyclic) bond motifs is 3. The van der Waals surface area contributed by atoms with E-state index in [4.69, 9.17) is 16.3 Å². The highest BCUT2D eigenvalue weighted by molar-refractivity contribution is 6.32. The first-order chi connectivity index (χ1) is 10.0. The largest absolute Gasteiger partial charge is 0.489 e. The summed E-state index contributed by atoms with van der Waals surface area (Å²) >= 11 is 6.31. The molecule has 1 N–H and O–H groups in total. The second-order valence-corrected chi connectivity index (χ2v) is 6.97. The minimum absolute atomic E-state index is 0.121. The maximum atomic E-state index is 10.5. The average molecular weight is 310 g/mol. The smallest absolute Gasteiger partial charge is 0.138 e. The van der Waals surface area contributed by atoms with Crippen molar-refractivity contribution in [1.82, 2.24) is 4.90 Å². The Labute approximate surface area is 131 Å². The Kier molecular flexibility index (Phi) is 4.43. The summed E-state index contributed by atoms with van der Waals surface area (Å²) in [7, 11) is 0. The quantitative estimate of drug-likeness (QED) is 0.927. The van der Waals surface area contributed by atoms with Crippen molar-refractivity contribution < 1.29 is 9.84 Å². The molecule has 3 nitrogen and oxygen atoms in total. The van der Waals surface area contributed by atoms with Gasteiger partial charge in [-0.2, -0.15) is 0 Å². The third-order valence-corrected chi connectivity index (χ3v) is 5.02. The Morgan fingerprint density at radius 2 is 2.05 bits per heavy atom. The third kappa shape index (κ3) is 3.20. The fourth-order valence-electron chi connectivity index (χ4n) is 3.63. The zero-order chi connectivity index (χ0) is 15.0. The van der Waals surface area contributed by atoms with Crippen molar-refractivity contribution in [1.29, 1.82) is 0 Å². The van der Waals surface area contributed by atoms with Gasteiger partial charge in [0.15, 0.2) is 0 Å². The number of aliphatic hydroxyl groups is 1. The molecule has 0 aliphatic carbocycles. The maximum Gasteiger partial charge on any atom is 0.138 e. The number of benzene rings is 1. The number of hydrogen-bond donors (Lipinski definition) is 1. The molecule has 21 heavy (non-hydrogen) atoms. The molecule has 2 bridgehead atoms. The van der Waals surface area contributed by atoms with E-state index in [0.717, 1.165) is 38.1 Å². The zero-order valence-electron chi connectivity index (χ0n) is 12.8. The van der Waals surface area contributed by atoms with Gasteiger partial charge in [0.2, 0.25) is 0 Å². The number of aliphatic hydroxyl groups excluding tert-OH is 1. The molecular weight excluding hydrogens is 286 g/mol. The van der Waals surface area contributed by atoms with Gasteiger partial charge in [0.1, 0.15) is 5.75 Å². The summed E-state index contributed by atoms with van der Waals surface area (Å²) in [4.78, 5) is 2.43. The Hall–Kier alpha value is -0.770. The van der Waals surface area contributed by atoms with Crippen LogP contribution in [0.2, 0.25) is 5.02 Å². The summed E-state index contributed by atoms with van der Waals surface area (Å²) in [6, 6.07) is 6.24. The van der Waals surface area contributed by atoms with Crippen molar-refractivity contribution in [2.75, 3.05) is 13.1 Å². The molecule has 1 aromatic rings. The van der Waals surface area contributed by atoms with Gasteiger partial charge in [0.25, 0.3) is 0 Å². The molecule has 0 aromatic heterocycles. The second kappa shape index (κ2) is 6.15. The molecule has 0 spiro atoms. The van der Waals surface area contributed by atoms with E-state index in [1.165, 1.54) is 5.56 Å². The summed E-state index contributed by atoms with van der Waals surface area (Å²) in [5, 5.41) is 11.1. The minimum atomic E-state index is -0.196. The van der Waals surface area contributed by atoms with Gasteiger partial charge in [0, 0.05) is 6.04 Å². The predicted octanol–water partition coefficient (Wildman–Crippen LogP) is 3.12. The first kappa shape index (κ1) is 15.1. The number of hydrogen-bond acceptors (Lipinski definition) is 3. The van der Waals surface area contributed by atoms with Gasteiger partial charge in [-0.1, -0.05) is 17.7 Å². The molecule has 2 unspecified atom stereocenters. The highest BCUT2D eigenvalue weighted by Crippen LogP contribution is 2.35. The highest BCUT2D eigenvalue weighted by atomic mass is 35.5. The van der Waals surface area contributed by atoms with Gasteiger partial charge in [-0.05, 0) is 69.8 Å². The summed E-state index contributed by atoms with van der Waals surface area (Å²) in [5.41, 5.74) is 1.17. The molecule has 1 aromatic carbocycles. The van der Waals surface area contributed by atoms with Crippen LogP contribution in [0.3, 0.4) is 0 Å². The highest BCUT2D eigenvalue weighted by Gasteiger charge is 2.40. The standard InChI is InChI=1S/C17H24ClNO2/c1-11(2)21-16-4-3-12(9-14(16)18)10-15-17(20)13-5-7-19(15)8-6-13/h3-4,9,11,13,15,17,20H,5-8,10H2,1-2H3. The average Bonchev–Trinajstić information content (AvgIpc) is 2.46. The van der Waals surface area contributed by atoms with E-state index in [-0.39, 0.29) is 18.2 Å². The van der Waals surface area contributed by atoms with E-state index in [2.05, 4.69) is 11.0 Å². The van der Waals surface area contributed by atoms with Gasteiger partial charge in [-0.15, -0.1) is 0 Å². The van der Waals surface area contributed by atoms with E-state index in [0.29, 0.717) is 10.9 Å². The Morgan fingerprint density at radius 3 is 2.62 bits per heavy atom. The van der Waals surface area contributed by atoms with E-state index in [1.807, 2.05) is 26.0 Å². The number of halogens is 1. The van der Waals surface area contributed by atoms with Crippen molar-refractivity contribution in [3.8, 4) is 5.75 Å². The number of rotatable bonds is 4. The lowest BCUT2D eigenvalue weighted by Gasteiger charge is -2.49. The van der Waals surface area contributed by atoms with Crippen molar-refractivity contribution in [2.24, 2.45) is 5.92 Å². The van der Waals surface area contributed by atoms with Gasteiger partial charge >= 0.3 is 0 Å². The van der Waals surface area contributed by atoms with Crippen LogP contribution in [-0.4, -0.2) is 41.3 Å². The molecule has 0 saturated carbocycles. The summed E-state index contributed by atoms with van der Waals surface area (Å²) < 4.78 is 5.67. The summed E-state index contributed by atoms with van der Waals surface area (Å²) in [5.74, 6) is 1.22. The zero-order valence-corrected chi connectivity index (χ0v) is 13.5. The normalized spacial score (nSPS) is 31.7. The molecule has 4 heteroatoms. The van der Waals surface area contributed by atoms with Crippen LogP contribution in [0.5, 0.6) is 5.75 Å². The topological polar surface area (TPSA) is 32.7 Å². The van der Waals surface area contributed by atoms with Crippen LogP contribution >= 0.6 is 11.6 Å². The number of nitrogens with zero attached hydrogens (tertiary/aromatic N) is 1. The van der Waals surface area contributed by atoms with Crippen molar-refractivity contribution in [2.45, 2.75) is 51.4 Å². The van der Waals surface area contributed by atoms with Crippen LogP contribution in [0.4, 0.5) is 0 Å². The monoisotopic (exact) mass is 309 g/mol. The Bertz CT molecular complexity index is 496. The molecule has 3 aliphatic rings. The van der Waals surface area contributed by atoms with Crippen LogP contribution in [0.25, 0.3) is 0 Å². The lowest BCUT2D eigenvalue weighted by molar-refractivity contribution is -0.0715. The van der Waals surface area contributed by atoms with Crippen LogP contribution in [0.1, 0.15) is 32.3 Å². The number of piperidine rings is 3. The van der Waals surface area contributed by atoms with Crippen molar-refractivity contribution in [3.63, 3.8) is 0 Å². The van der Waals surface area contributed by atoms with Crippen molar-refractivity contribution >= 4 is 11.6 Å². The van der Waals surface area contributed by atoms with E-state index in [1.54, 1.807) is 0 Å².